The number of methoxy groups -OCH3 is 1. The van der Waals surface area contributed by atoms with E-state index in [1.54, 1.807) is 20.1 Å². The van der Waals surface area contributed by atoms with Crippen molar-refractivity contribution >= 4 is 0 Å². The molecule has 0 bridgehead atoms. The van der Waals surface area contributed by atoms with E-state index in [-0.39, 0.29) is 6.61 Å². The van der Waals surface area contributed by atoms with Crippen molar-refractivity contribution in [3.63, 3.8) is 0 Å². The lowest BCUT2D eigenvalue weighted by Crippen LogP contribution is -2.36. The molecule has 0 fully saturated rings. The summed E-state index contributed by atoms with van der Waals surface area (Å²) in [5.74, 6) is 0.755. The molecule has 188 valence electrons. The number of aryl methyl sites for hydroxylation is 1. The maximum Gasteiger partial charge on any atom is 0.330 e. The molecule has 0 amide bonds. The zero-order valence-corrected chi connectivity index (χ0v) is 20.7. The molecule has 1 aliphatic heterocycles. The van der Waals surface area contributed by atoms with Crippen LogP contribution >= 0.6 is 0 Å². The SMILES string of the molecule is COc1ccc(C(O[13CH2][13C@@H]2[13CH]=[13CH][13C@H]([15n]3[13cH]c(C)c(=O)[15nH]c3=O)O2)(c2ccccc2)c2ccccc2)cc1. The first kappa shape index (κ1) is 24.5. The second-order valence-corrected chi connectivity index (χ2v) is 8.88. The Balaban J connectivity index is 1.50. The fourth-order valence-electron chi connectivity index (χ4n) is 4.65. The summed E-state index contributed by atoms with van der Waals surface area (Å²) >= 11 is 0. The van der Waals surface area contributed by atoms with Crippen molar-refractivity contribution in [2.75, 3.05) is 13.7 Å². The quantitative estimate of drug-likeness (QED) is 0.220. The van der Waals surface area contributed by atoms with E-state index < -0.39 is 29.2 Å². The number of benzene rings is 3. The fraction of sp³-hybridized carbons (Fsp3) is 0.200. The Morgan fingerprint density at radius 1 is 0.865 bits per heavy atom. The molecule has 5 rings (SSSR count). The zero-order valence-electron chi connectivity index (χ0n) is 20.7. The van der Waals surface area contributed by atoms with Crippen LogP contribution in [0.15, 0.2) is 113 Å². The van der Waals surface area contributed by atoms with Crippen LogP contribution in [0, 0.1) is 6.92 Å². The van der Waals surface area contributed by atoms with E-state index in [1.807, 2.05) is 91.0 Å². The van der Waals surface area contributed by atoms with Gasteiger partial charge >= 0.3 is 5.69 Å². The number of aromatic nitrogens is 2. The van der Waals surface area contributed by atoms with E-state index in [9.17, 15) is 9.59 Å². The molecule has 0 saturated carbocycles. The van der Waals surface area contributed by atoms with Gasteiger partial charge in [0.15, 0.2) is 6.23 Å². The Morgan fingerprint density at radius 2 is 1.46 bits per heavy atom. The Hall–Kier alpha value is -4.20. The molecule has 1 N–H and O–H groups in total. The number of aromatic amines is 1. The lowest BCUT2D eigenvalue weighted by molar-refractivity contribution is -0.0685. The van der Waals surface area contributed by atoms with Crippen molar-refractivity contribution in [1.29, 1.82) is 0 Å². The Kier molecular flexibility index (Phi) is 6.90. The summed E-state index contributed by atoms with van der Waals surface area (Å²) in [4.78, 5) is 26.5. The van der Waals surface area contributed by atoms with Crippen molar-refractivity contribution in [3.05, 3.63) is 146 Å². The number of hydrogen-bond acceptors (Lipinski definition) is 5. The minimum absolute atomic E-state index is 0.222. The summed E-state index contributed by atoms with van der Waals surface area (Å²) in [7, 11) is 1.64. The summed E-state index contributed by atoms with van der Waals surface area (Å²) < 4.78 is 19.8. The third-order valence-corrected chi connectivity index (χ3v) is 6.55. The molecule has 1 aliphatic rings. The molecular weight excluding hydrogens is 476 g/mol. The standard InChI is InChI=1S/C30H28N2O5/c1-21-19-32(29(34)31-28(21)33)27-18-17-26(37-27)20-36-30(22-9-5-3-6-10-22,23-11-7-4-8-12-23)24-13-15-25(35-2)16-14-24/h3-19,26-27H,20H2,1-2H3,(H,31,33,34)/t26-,27+/m0/s1/i17+1,18+1,19+1,20+1,26+1,27+1,31+1,32+1. The molecule has 0 radical (unpaired) electrons. The number of nitrogens with one attached hydrogen (secondary N) is 1. The minimum atomic E-state index is -0.921. The average Bonchev–Trinajstić information content (AvgIpc) is 3.41. The van der Waals surface area contributed by atoms with Gasteiger partial charge in [0.25, 0.3) is 5.56 Å². The van der Waals surface area contributed by atoms with Gasteiger partial charge in [0.2, 0.25) is 0 Å². The van der Waals surface area contributed by atoms with Crippen molar-refractivity contribution in [1.82, 2.24) is 9.55 Å². The first-order chi connectivity index (χ1) is 18.0. The van der Waals surface area contributed by atoms with Gasteiger partial charge in [-0.3, -0.25) is 14.3 Å². The van der Waals surface area contributed by atoms with Crippen molar-refractivity contribution in [2.45, 2.75) is 24.9 Å². The summed E-state index contributed by atoms with van der Waals surface area (Å²) in [5.41, 5.74) is 1.47. The van der Waals surface area contributed by atoms with Crippen molar-refractivity contribution in [2.24, 2.45) is 0 Å². The smallest absolute Gasteiger partial charge is 0.330 e. The number of ether oxygens (including phenoxy) is 3. The van der Waals surface area contributed by atoms with Gasteiger partial charge < -0.3 is 14.2 Å². The monoisotopic (exact) mass is 504 g/mol. The van der Waals surface area contributed by atoms with E-state index in [2.05, 4.69) is 4.98 Å². The van der Waals surface area contributed by atoms with Gasteiger partial charge in [-0.05, 0) is 41.8 Å². The molecule has 0 spiro atoms. The highest BCUT2D eigenvalue weighted by Gasteiger charge is 2.39. The van der Waals surface area contributed by atoms with E-state index in [0.717, 1.165) is 22.4 Å². The lowest BCUT2D eigenvalue weighted by atomic mass is 9.80. The van der Waals surface area contributed by atoms with Crippen LogP contribution in [0.3, 0.4) is 0 Å². The lowest BCUT2D eigenvalue weighted by Gasteiger charge is -2.36. The number of nitrogens with zero attached hydrogens (tertiary/aromatic N) is 1. The molecule has 4 aromatic rings. The predicted molar refractivity (Wildman–Crippen MR) is 141 cm³/mol. The molecule has 1 aromatic heterocycles. The maximum atomic E-state index is 12.4. The summed E-state index contributed by atoms with van der Waals surface area (Å²) in [5, 5.41) is 0. The topological polar surface area (TPSA) is 82.5 Å². The summed E-state index contributed by atoms with van der Waals surface area (Å²) in [6, 6.07) is 28.0. The molecule has 7 heteroatoms. The first-order valence-electron chi connectivity index (χ1n) is 12.1. The van der Waals surface area contributed by atoms with Crippen LogP contribution in [0.2, 0.25) is 0 Å². The second kappa shape index (κ2) is 10.4. The number of H-pyrrole nitrogens is 1. The van der Waals surface area contributed by atoms with Crippen LogP contribution in [-0.4, -0.2) is 29.4 Å². The maximum absolute atomic E-state index is 12.4. The van der Waals surface area contributed by atoms with Gasteiger partial charge in [-0.25, -0.2) is 4.79 Å². The van der Waals surface area contributed by atoms with Crippen LogP contribution in [0.25, 0.3) is 0 Å². The van der Waals surface area contributed by atoms with Crippen LogP contribution in [0.5, 0.6) is 5.75 Å². The number of rotatable bonds is 8. The highest BCUT2D eigenvalue weighted by atomic mass is 16.7. The molecule has 2 atom stereocenters. The van der Waals surface area contributed by atoms with Gasteiger partial charge in [0, 0.05) is 11.8 Å². The first-order valence-corrected chi connectivity index (χ1v) is 12.1. The number of hydrogen-bond donors (Lipinski definition) is 1. The second-order valence-electron chi connectivity index (χ2n) is 8.88. The molecule has 0 unspecified atom stereocenters. The van der Waals surface area contributed by atoms with Gasteiger partial charge in [-0.15, -0.1) is 0 Å². The Labute approximate surface area is 214 Å². The zero-order chi connectivity index (χ0) is 25.8. The fourth-order valence-corrected chi connectivity index (χ4v) is 4.65. The molecule has 0 saturated heterocycles. The summed E-state index contributed by atoms with van der Waals surface area (Å²) in [6.07, 6.45) is 4.14. The van der Waals surface area contributed by atoms with Gasteiger partial charge in [-0.2, -0.15) is 0 Å². The van der Waals surface area contributed by atoms with Crippen LogP contribution in [0.4, 0.5) is 0 Å². The summed E-state index contributed by atoms with van der Waals surface area (Å²) in [6.45, 7) is 1.87. The van der Waals surface area contributed by atoms with Gasteiger partial charge in [0.1, 0.15) is 17.5 Å². The third kappa shape index (κ3) is 4.79. The molecule has 3 aromatic carbocycles. The highest BCUT2D eigenvalue weighted by Crippen LogP contribution is 2.41. The van der Waals surface area contributed by atoms with E-state index in [4.69, 9.17) is 14.2 Å². The van der Waals surface area contributed by atoms with Gasteiger partial charge in [0.05, 0.1) is 13.7 Å². The van der Waals surface area contributed by atoms with E-state index in [0.29, 0.717) is 5.56 Å². The molecule has 37 heavy (non-hydrogen) atoms. The highest BCUT2D eigenvalue weighted by molar-refractivity contribution is 5.48. The Bertz CT molecular complexity index is 1450. The van der Waals surface area contributed by atoms with Gasteiger partial charge in [-0.1, -0.05) is 78.9 Å². The largest absolute Gasteiger partial charge is 0.497 e. The normalized spacial score (nSPS) is 17.1. The van der Waals surface area contributed by atoms with Crippen LogP contribution < -0.4 is 16.0 Å². The Morgan fingerprint density at radius 3 is 2.05 bits per heavy atom. The average molecular weight is 505 g/mol. The van der Waals surface area contributed by atoms with Crippen LogP contribution in [-0.2, 0) is 15.1 Å². The van der Waals surface area contributed by atoms with Crippen molar-refractivity contribution < 1.29 is 14.2 Å². The molecule has 2 heterocycles. The van der Waals surface area contributed by atoms with E-state index >= 15 is 0 Å². The molecule has 0 aliphatic carbocycles. The molecular formula is C30H28N2O5. The third-order valence-electron chi connectivity index (χ3n) is 6.55. The van der Waals surface area contributed by atoms with Crippen LogP contribution in [0.1, 0.15) is 28.5 Å². The molecule has 7 nitrogen and oxygen atoms in total. The minimum Gasteiger partial charge on any atom is -0.497 e. The van der Waals surface area contributed by atoms with Crippen molar-refractivity contribution in [3.8, 4) is 5.75 Å². The van der Waals surface area contributed by atoms with E-state index in [1.165, 1.54) is 10.8 Å². The predicted octanol–water partition coefficient (Wildman–Crippen LogP) is 4.32.